The molecule has 4 nitrogen and oxygen atoms in total. The molecule has 1 N–H and O–H groups in total. The average Bonchev–Trinajstić information content (AvgIpc) is 3.15. The van der Waals surface area contributed by atoms with Gasteiger partial charge in [-0.15, -0.1) is 0 Å². The van der Waals surface area contributed by atoms with Crippen LogP contribution in [0.4, 0.5) is 8.78 Å². The zero-order valence-corrected chi connectivity index (χ0v) is 14.5. The number of aromatic nitrogens is 2. The molecule has 0 bridgehead atoms. The first-order valence-electron chi connectivity index (χ1n) is 9.15. The van der Waals surface area contributed by atoms with Crippen LogP contribution in [0.15, 0.2) is 30.6 Å². The predicted molar refractivity (Wildman–Crippen MR) is 94.3 cm³/mol. The van der Waals surface area contributed by atoms with Gasteiger partial charge in [0.25, 0.3) is 0 Å². The van der Waals surface area contributed by atoms with Crippen molar-refractivity contribution in [3.63, 3.8) is 0 Å². The molecule has 1 fully saturated rings. The monoisotopic (exact) mass is 360 g/mol. The number of ether oxygens (including phenoxy) is 1. The highest BCUT2D eigenvalue weighted by molar-refractivity contribution is 5.71. The third-order valence-electron chi connectivity index (χ3n) is 5.17. The van der Waals surface area contributed by atoms with Gasteiger partial charge >= 0.3 is 0 Å². The summed E-state index contributed by atoms with van der Waals surface area (Å²) in [6.45, 7) is 0.696. The molecule has 2 aliphatic rings. The summed E-state index contributed by atoms with van der Waals surface area (Å²) in [5.41, 5.74) is 1.77. The van der Waals surface area contributed by atoms with Crippen molar-refractivity contribution in [1.82, 2.24) is 9.78 Å². The molecule has 1 aromatic carbocycles. The van der Waals surface area contributed by atoms with E-state index >= 15 is 0 Å². The van der Waals surface area contributed by atoms with Crippen LogP contribution in [0.3, 0.4) is 0 Å². The van der Waals surface area contributed by atoms with E-state index in [9.17, 15) is 13.9 Å². The maximum absolute atomic E-state index is 14.7. The van der Waals surface area contributed by atoms with E-state index < -0.39 is 17.7 Å². The van der Waals surface area contributed by atoms with Gasteiger partial charge in [0, 0.05) is 29.5 Å². The summed E-state index contributed by atoms with van der Waals surface area (Å²) in [7, 11) is 0. The van der Waals surface area contributed by atoms with E-state index in [1.807, 2.05) is 0 Å². The number of halogens is 2. The highest BCUT2D eigenvalue weighted by Crippen LogP contribution is 2.34. The first-order valence-corrected chi connectivity index (χ1v) is 9.15. The summed E-state index contributed by atoms with van der Waals surface area (Å²) in [6, 6.07) is 3.22. The van der Waals surface area contributed by atoms with Crippen LogP contribution in [-0.4, -0.2) is 27.6 Å². The number of benzene rings is 1. The highest BCUT2D eigenvalue weighted by Gasteiger charge is 2.22. The second kappa shape index (κ2) is 7.29. The molecule has 1 aliphatic heterocycles. The van der Waals surface area contributed by atoms with E-state index in [1.54, 1.807) is 35.3 Å². The van der Waals surface area contributed by atoms with Crippen molar-refractivity contribution in [2.24, 2.45) is 0 Å². The largest absolute Gasteiger partial charge is 0.393 e. The Labute approximate surface area is 151 Å². The first-order chi connectivity index (χ1) is 12.6. The predicted octanol–water partition coefficient (Wildman–Crippen LogP) is 4.46. The van der Waals surface area contributed by atoms with E-state index in [4.69, 9.17) is 4.74 Å². The standard InChI is InChI=1S/C20H22F2N2O2/c21-19-16(13-4-6-15(25)7-5-13)8-9-17(20(19)22)14-11-23-24(12-14)18-3-1-2-10-26-18/h4,8-9,11-12,15,18,25H,1-3,5-7,10H2. The van der Waals surface area contributed by atoms with Crippen LogP contribution in [0.25, 0.3) is 16.7 Å². The molecule has 1 aliphatic carbocycles. The van der Waals surface area contributed by atoms with Crippen molar-refractivity contribution in [3.05, 3.63) is 47.8 Å². The maximum Gasteiger partial charge on any atom is 0.167 e. The SMILES string of the molecule is OC1CC=C(c2ccc(-c3cnn(C4CCCCO4)c3)c(F)c2F)CC1. The van der Waals surface area contributed by atoms with E-state index in [-0.39, 0.29) is 17.4 Å². The Hall–Kier alpha value is -2.05. The lowest BCUT2D eigenvalue weighted by Gasteiger charge is -2.22. The minimum absolute atomic E-state index is 0.136. The Morgan fingerprint density at radius 1 is 1.12 bits per heavy atom. The zero-order valence-electron chi connectivity index (χ0n) is 14.5. The van der Waals surface area contributed by atoms with Crippen molar-refractivity contribution < 1.29 is 18.6 Å². The van der Waals surface area contributed by atoms with Gasteiger partial charge < -0.3 is 9.84 Å². The Kier molecular flexibility index (Phi) is 4.87. The van der Waals surface area contributed by atoms with Crippen molar-refractivity contribution in [2.75, 3.05) is 6.61 Å². The number of allylic oxidation sites excluding steroid dienone is 1. The molecule has 6 heteroatoms. The summed E-state index contributed by atoms with van der Waals surface area (Å²) in [6.07, 6.45) is 9.11. The molecular weight excluding hydrogens is 338 g/mol. The molecular formula is C20H22F2N2O2. The molecule has 0 saturated carbocycles. The number of rotatable bonds is 3. The van der Waals surface area contributed by atoms with E-state index in [1.165, 1.54) is 0 Å². The van der Waals surface area contributed by atoms with Crippen LogP contribution >= 0.6 is 0 Å². The fourth-order valence-corrected chi connectivity index (χ4v) is 3.65. The lowest BCUT2D eigenvalue weighted by molar-refractivity contribution is -0.0394. The van der Waals surface area contributed by atoms with E-state index in [2.05, 4.69) is 5.10 Å². The number of aliphatic hydroxyl groups excluding tert-OH is 1. The molecule has 4 rings (SSSR count). The molecule has 2 unspecified atom stereocenters. The van der Waals surface area contributed by atoms with Crippen LogP contribution in [0, 0.1) is 11.6 Å². The molecule has 138 valence electrons. The quantitative estimate of drug-likeness (QED) is 0.879. The van der Waals surface area contributed by atoms with Gasteiger partial charge in [-0.25, -0.2) is 13.5 Å². The van der Waals surface area contributed by atoms with Crippen molar-refractivity contribution in [1.29, 1.82) is 0 Å². The lowest BCUT2D eigenvalue weighted by atomic mass is 9.91. The Morgan fingerprint density at radius 2 is 1.92 bits per heavy atom. The highest BCUT2D eigenvalue weighted by atomic mass is 19.2. The van der Waals surface area contributed by atoms with Crippen LogP contribution < -0.4 is 0 Å². The smallest absolute Gasteiger partial charge is 0.167 e. The van der Waals surface area contributed by atoms with Gasteiger partial charge in [-0.3, -0.25) is 0 Å². The van der Waals surface area contributed by atoms with Crippen LogP contribution in [0.2, 0.25) is 0 Å². The van der Waals surface area contributed by atoms with Gasteiger partial charge in [-0.05, 0) is 44.1 Å². The van der Waals surface area contributed by atoms with Crippen LogP contribution in [0.1, 0.15) is 50.3 Å². The first kappa shape index (κ1) is 17.4. The van der Waals surface area contributed by atoms with Gasteiger partial charge in [-0.1, -0.05) is 18.2 Å². The Bertz CT molecular complexity index is 825. The third kappa shape index (κ3) is 3.31. The van der Waals surface area contributed by atoms with Crippen LogP contribution in [0.5, 0.6) is 0 Å². The fraction of sp³-hybridized carbons (Fsp3) is 0.450. The number of hydrogen-bond donors (Lipinski definition) is 1. The molecule has 0 amide bonds. The summed E-state index contributed by atoms with van der Waals surface area (Å²) in [5.74, 6) is -1.70. The molecule has 2 heterocycles. The fourth-order valence-electron chi connectivity index (χ4n) is 3.65. The molecule has 1 aromatic heterocycles. The Morgan fingerprint density at radius 3 is 2.65 bits per heavy atom. The van der Waals surface area contributed by atoms with Gasteiger partial charge in [0.1, 0.15) is 6.23 Å². The Balaban J connectivity index is 1.62. The minimum atomic E-state index is -0.862. The second-order valence-electron chi connectivity index (χ2n) is 6.98. The van der Waals surface area contributed by atoms with Gasteiger partial charge in [0.2, 0.25) is 0 Å². The molecule has 1 saturated heterocycles. The number of aliphatic hydroxyl groups is 1. The average molecular weight is 360 g/mol. The summed E-state index contributed by atoms with van der Waals surface area (Å²) in [4.78, 5) is 0. The maximum atomic E-state index is 14.7. The lowest BCUT2D eigenvalue weighted by Crippen LogP contribution is -2.18. The molecule has 2 atom stereocenters. The van der Waals surface area contributed by atoms with Crippen molar-refractivity contribution in [2.45, 2.75) is 50.9 Å². The van der Waals surface area contributed by atoms with E-state index in [0.717, 1.165) is 24.8 Å². The minimum Gasteiger partial charge on any atom is -0.393 e. The second-order valence-corrected chi connectivity index (χ2v) is 6.98. The zero-order chi connectivity index (χ0) is 18.1. The van der Waals surface area contributed by atoms with Gasteiger partial charge in [0.15, 0.2) is 11.6 Å². The topological polar surface area (TPSA) is 47.3 Å². The number of hydrogen-bond acceptors (Lipinski definition) is 3. The van der Waals surface area contributed by atoms with Gasteiger partial charge in [0.05, 0.1) is 12.3 Å². The van der Waals surface area contributed by atoms with E-state index in [0.29, 0.717) is 31.4 Å². The third-order valence-corrected chi connectivity index (χ3v) is 5.17. The van der Waals surface area contributed by atoms with Crippen molar-refractivity contribution in [3.8, 4) is 11.1 Å². The molecule has 0 spiro atoms. The van der Waals surface area contributed by atoms with Crippen molar-refractivity contribution >= 4 is 5.57 Å². The summed E-state index contributed by atoms with van der Waals surface area (Å²) in [5, 5.41) is 13.8. The normalized spacial score (nSPS) is 23.7. The molecule has 2 aromatic rings. The molecule has 0 radical (unpaired) electrons. The molecule has 26 heavy (non-hydrogen) atoms. The van der Waals surface area contributed by atoms with Crippen LogP contribution in [-0.2, 0) is 4.74 Å². The summed E-state index contributed by atoms with van der Waals surface area (Å²) >= 11 is 0. The van der Waals surface area contributed by atoms with Gasteiger partial charge in [-0.2, -0.15) is 5.10 Å². The number of nitrogens with zero attached hydrogens (tertiary/aromatic N) is 2. The summed E-state index contributed by atoms with van der Waals surface area (Å²) < 4.78 is 36.7.